The van der Waals surface area contributed by atoms with E-state index in [-0.39, 0.29) is 22.5 Å². The maximum absolute atomic E-state index is 13.1. The van der Waals surface area contributed by atoms with E-state index in [0.29, 0.717) is 37.3 Å². The van der Waals surface area contributed by atoms with Gasteiger partial charge in [0, 0.05) is 57.0 Å². The molecule has 0 atom stereocenters. The molecule has 2 aromatic carbocycles. The molecule has 2 heterocycles. The summed E-state index contributed by atoms with van der Waals surface area (Å²) in [6.07, 6.45) is 5.02. The van der Waals surface area contributed by atoms with Crippen molar-refractivity contribution in [2.75, 3.05) is 38.1 Å². The molecule has 196 valence electrons. The molecule has 10 nitrogen and oxygen atoms in total. The largest absolute Gasteiger partial charge is 0.345 e. The summed E-state index contributed by atoms with van der Waals surface area (Å²) in [4.78, 5) is 32.4. The fraction of sp³-hybridized carbons (Fsp3) is 0.440. The van der Waals surface area contributed by atoms with Gasteiger partial charge in [0.25, 0.3) is 11.6 Å². The van der Waals surface area contributed by atoms with Crippen LogP contribution in [0.3, 0.4) is 0 Å². The highest BCUT2D eigenvalue weighted by Gasteiger charge is 2.30. The topological polar surface area (TPSA) is 117 Å². The fourth-order valence-electron chi connectivity index (χ4n) is 5.01. The first-order chi connectivity index (χ1) is 17.7. The summed E-state index contributed by atoms with van der Waals surface area (Å²) in [6.45, 7) is 2.18. The summed E-state index contributed by atoms with van der Waals surface area (Å²) in [7, 11) is -1.95. The maximum Gasteiger partial charge on any atom is 0.270 e. The first-order valence-electron chi connectivity index (χ1n) is 12.4. The number of sulfonamides is 1. The van der Waals surface area contributed by atoms with Gasteiger partial charge in [-0.3, -0.25) is 14.9 Å². The van der Waals surface area contributed by atoms with Gasteiger partial charge in [0.1, 0.15) is 0 Å². The molecule has 12 heteroatoms. The van der Waals surface area contributed by atoms with Crippen molar-refractivity contribution in [2.24, 2.45) is 0 Å². The average Bonchev–Trinajstić information content (AvgIpc) is 3.36. The number of thiazole rings is 1. The Morgan fingerprint density at radius 2 is 1.73 bits per heavy atom. The minimum atomic E-state index is -3.60. The summed E-state index contributed by atoms with van der Waals surface area (Å²) >= 11 is 1.40. The van der Waals surface area contributed by atoms with Gasteiger partial charge in [-0.2, -0.15) is 4.31 Å². The van der Waals surface area contributed by atoms with Crippen LogP contribution in [0.4, 0.5) is 10.8 Å². The quantitative estimate of drug-likeness (QED) is 0.339. The van der Waals surface area contributed by atoms with Crippen LogP contribution in [0, 0.1) is 10.1 Å². The van der Waals surface area contributed by atoms with E-state index in [4.69, 9.17) is 0 Å². The van der Waals surface area contributed by atoms with Crippen LogP contribution in [0.2, 0.25) is 0 Å². The molecule has 5 rings (SSSR count). The molecule has 1 aliphatic carbocycles. The second-order valence-electron chi connectivity index (χ2n) is 9.52. The molecular formula is C25H29N5O5S2. The minimum absolute atomic E-state index is 0.0295. The number of nitro benzene ring substituents is 1. The predicted molar refractivity (Wildman–Crippen MR) is 143 cm³/mol. The lowest BCUT2D eigenvalue weighted by molar-refractivity contribution is -0.384. The molecule has 0 unspecified atom stereocenters. The molecule has 0 N–H and O–H groups in total. The number of nitrogens with zero attached hydrogens (tertiary/aromatic N) is 5. The van der Waals surface area contributed by atoms with Crippen LogP contribution in [0.15, 0.2) is 47.4 Å². The smallest absolute Gasteiger partial charge is 0.270 e. The minimum Gasteiger partial charge on any atom is -0.345 e. The van der Waals surface area contributed by atoms with Gasteiger partial charge in [-0.1, -0.05) is 30.6 Å². The molecule has 2 fully saturated rings. The summed E-state index contributed by atoms with van der Waals surface area (Å²) in [5.41, 5.74) is 1.21. The highest BCUT2D eigenvalue weighted by Crippen LogP contribution is 2.32. The van der Waals surface area contributed by atoms with Crippen LogP contribution >= 0.6 is 11.3 Å². The standard InChI is InChI=1S/C25H29N5O5S2/c1-27(19-5-3-2-4-6-19)37(34,35)21-10-7-18(8-11-21)24(31)28-13-15-29(16-14-28)25-26-22-12-9-20(30(32)33)17-23(22)36-25/h7-12,17,19H,2-6,13-16H2,1H3. The third kappa shape index (κ3) is 5.18. The lowest BCUT2D eigenvalue weighted by Crippen LogP contribution is -2.48. The first-order valence-corrected chi connectivity index (χ1v) is 14.7. The predicted octanol–water partition coefficient (Wildman–Crippen LogP) is 4.12. The van der Waals surface area contributed by atoms with E-state index in [1.807, 2.05) is 0 Å². The number of fused-ring (bicyclic) bond motifs is 1. The van der Waals surface area contributed by atoms with Crippen LogP contribution in [-0.2, 0) is 10.0 Å². The number of hydrogen-bond donors (Lipinski definition) is 0. The number of nitro groups is 1. The number of amides is 1. The molecule has 0 radical (unpaired) electrons. The third-order valence-electron chi connectivity index (χ3n) is 7.28. The number of carbonyl (C=O) groups is 1. The highest BCUT2D eigenvalue weighted by molar-refractivity contribution is 7.89. The Hall–Kier alpha value is -3.09. The summed E-state index contributed by atoms with van der Waals surface area (Å²) in [5, 5.41) is 11.8. The fourth-order valence-corrected chi connectivity index (χ4v) is 7.48. The molecule has 1 saturated carbocycles. The molecule has 1 saturated heterocycles. The Balaban J connectivity index is 1.22. The van der Waals surface area contributed by atoms with Crippen LogP contribution < -0.4 is 4.90 Å². The maximum atomic E-state index is 13.1. The highest BCUT2D eigenvalue weighted by atomic mass is 32.2. The van der Waals surface area contributed by atoms with Gasteiger partial charge in [-0.15, -0.1) is 0 Å². The first kappa shape index (κ1) is 25.6. The summed E-state index contributed by atoms with van der Waals surface area (Å²) in [6, 6.07) is 10.9. The number of anilines is 1. The number of aromatic nitrogens is 1. The molecule has 2 aliphatic rings. The summed E-state index contributed by atoms with van der Waals surface area (Å²) in [5.74, 6) is -0.135. The van der Waals surface area contributed by atoms with E-state index >= 15 is 0 Å². The lowest BCUT2D eigenvalue weighted by atomic mass is 9.96. The van der Waals surface area contributed by atoms with Crippen molar-refractivity contribution in [3.63, 3.8) is 0 Å². The zero-order chi connectivity index (χ0) is 26.2. The molecule has 0 spiro atoms. The molecule has 1 aliphatic heterocycles. The molecule has 37 heavy (non-hydrogen) atoms. The number of carbonyl (C=O) groups excluding carboxylic acids is 1. The Morgan fingerprint density at radius 3 is 2.38 bits per heavy atom. The number of hydrogen-bond acceptors (Lipinski definition) is 8. The molecule has 1 aromatic heterocycles. The van der Waals surface area contributed by atoms with Gasteiger partial charge in [0.2, 0.25) is 10.0 Å². The van der Waals surface area contributed by atoms with Gasteiger partial charge < -0.3 is 9.80 Å². The Morgan fingerprint density at radius 1 is 1.05 bits per heavy atom. The monoisotopic (exact) mass is 543 g/mol. The van der Waals surface area contributed by atoms with Crippen molar-refractivity contribution >= 4 is 48.3 Å². The number of rotatable bonds is 6. The second kappa shape index (κ2) is 10.3. The normalized spacial score (nSPS) is 17.5. The van der Waals surface area contributed by atoms with E-state index in [2.05, 4.69) is 9.88 Å². The third-order valence-corrected chi connectivity index (χ3v) is 10.3. The van der Waals surface area contributed by atoms with Crippen LogP contribution in [0.1, 0.15) is 42.5 Å². The second-order valence-corrected chi connectivity index (χ2v) is 12.5. The Labute approximate surface area is 219 Å². The van der Waals surface area contributed by atoms with E-state index < -0.39 is 14.9 Å². The van der Waals surface area contributed by atoms with Gasteiger partial charge in [0.05, 0.1) is 20.0 Å². The van der Waals surface area contributed by atoms with E-state index in [1.165, 1.54) is 39.9 Å². The van der Waals surface area contributed by atoms with Gasteiger partial charge in [0.15, 0.2) is 5.13 Å². The average molecular weight is 544 g/mol. The zero-order valence-electron chi connectivity index (χ0n) is 20.6. The molecule has 3 aromatic rings. The van der Waals surface area contributed by atoms with Crippen molar-refractivity contribution in [1.29, 1.82) is 0 Å². The number of non-ortho nitro benzene ring substituents is 1. The Bertz CT molecular complexity index is 1410. The van der Waals surface area contributed by atoms with Crippen LogP contribution in [0.5, 0.6) is 0 Å². The van der Waals surface area contributed by atoms with Crippen molar-refractivity contribution < 1.29 is 18.1 Å². The number of piperazine rings is 1. The number of benzene rings is 2. The van der Waals surface area contributed by atoms with Crippen LogP contribution in [0.25, 0.3) is 10.2 Å². The zero-order valence-corrected chi connectivity index (χ0v) is 22.2. The van der Waals surface area contributed by atoms with Crippen LogP contribution in [-0.4, -0.2) is 72.7 Å². The van der Waals surface area contributed by atoms with E-state index in [0.717, 1.165) is 41.9 Å². The Kier molecular flexibility index (Phi) is 7.15. The lowest BCUT2D eigenvalue weighted by Gasteiger charge is -2.34. The van der Waals surface area contributed by atoms with Gasteiger partial charge in [-0.05, 0) is 43.2 Å². The van der Waals surface area contributed by atoms with Gasteiger partial charge in [-0.25, -0.2) is 13.4 Å². The van der Waals surface area contributed by atoms with Crippen molar-refractivity contribution in [1.82, 2.24) is 14.2 Å². The molecule has 0 bridgehead atoms. The van der Waals surface area contributed by atoms with Crippen molar-refractivity contribution in [3.05, 3.63) is 58.1 Å². The molecule has 1 amide bonds. The molecular weight excluding hydrogens is 514 g/mol. The van der Waals surface area contributed by atoms with Crippen molar-refractivity contribution in [3.8, 4) is 0 Å². The summed E-state index contributed by atoms with van der Waals surface area (Å²) < 4.78 is 28.4. The van der Waals surface area contributed by atoms with Crippen molar-refractivity contribution in [2.45, 2.75) is 43.0 Å². The van der Waals surface area contributed by atoms with E-state index in [9.17, 15) is 23.3 Å². The van der Waals surface area contributed by atoms with Gasteiger partial charge >= 0.3 is 0 Å². The van der Waals surface area contributed by atoms with E-state index in [1.54, 1.807) is 30.1 Å². The SMILES string of the molecule is CN(C1CCCCC1)S(=O)(=O)c1ccc(C(=O)N2CCN(c3nc4ccc([N+](=O)[O-])cc4s3)CC2)cc1.